The van der Waals surface area contributed by atoms with E-state index < -0.39 is 5.82 Å². The highest BCUT2D eigenvalue weighted by Crippen LogP contribution is 2.42. The second kappa shape index (κ2) is 7.45. The van der Waals surface area contributed by atoms with Gasteiger partial charge in [0.25, 0.3) is 0 Å². The maximum atomic E-state index is 13.5. The quantitative estimate of drug-likeness (QED) is 0.724. The molecule has 7 heteroatoms. The van der Waals surface area contributed by atoms with Gasteiger partial charge in [-0.25, -0.2) is 4.39 Å². The van der Waals surface area contributed by atoms with Gasteiger partial charge in [0.05, 0.1) is 33.5 Å². The molecule has 0 fully saturated rings. The maximum Gasteiger partial charge on any atom is 0.203 e. The van der Waals surface area contributed by atoms with E-state index in [4.69, 9.17) is 18.7 Å². The number of nitrogens with zero attached hydrogens (tertiary/aromatic N) is 1. The van der Waals surface area contributed by atoms with Gasteiger partial charge in [0, 0.05) is 11.1 Å². The Bertz CT molecular complexity index is 897. The number of aliphatic hydroxyl groups excluding tert-OH is 1. The summed E-state index contributed by atoms with van der Waals surface area (Å²) in [4.78, 5) is 0. The van der Waals surface area contributed by atoms with Crippen LogP contribution in [0.5, 0.6) is 17.2 Å². The number of aliphatic hydroxyl groups is 1. The first-order chi connectivity index (χ1) is 12.6. The van der Waals surface area contributed by atoms with Gasteiger partial charge in [-0.3, -0.25) is 0 Å². The molecule has 0 atom stereocenters. The molecule has 0 unspecified atom stereocenters. The summed E-state index contributed by atoms with van der Waals surface area (Å²) < 4.78 is 34.9. The van der Waals surface area contributed by atoms with Crippen molar-refractivity contribution in [1.82, 2.24) is 5.16 Å². The van der Waals surface area contributed by atoms with Crippen LogP contribution in [0.3, 0.4) is 0 Å². The number of rotatable bonds is 6. The van der Waals surface area contributed by atoms with Crippen LogP contribution in [0.2, 0.25) is 0 Å². The second-order valence-electron chi connectivity index (χ2n) is 5.42. The largest absolute Gasteiger partial charge is 0.493 e. The van der Waals surface area contributed by atoms with Crippen LogP contribution < -0.4 is 14.2 Å². The number of aromatic nitrogens is 1. The van der Waals surface area contributed by atoms with E-state index in [1.165, 1.54) is 33.5 Å². The molecule has 3 rings (SSSR count). The Balaban J connectivity index is 2.16. The normalized spacial score (nSPS) is 10.7. The third-order valence-corrected chi connectivity index (χ3v) is 3.97. The second-order valence-corrected chi connectivity index (χ2v) is 5.42. The van der Waals surface area contributed by atoms with Crippen molar-refractivity contribution in [2.45, 2.75) is 6.61 Å². The fraction of sp³-hybridized carbons (Fsp3) is 0.211. The van der Waals surface area contributed by atoms with Crippen molar-refractivity contribution >= 4 is 0 Å². The molecular weight excluding hydrogens is 341 g/mol. The Hall–Kier alpha value is -3.06. The molecule has 2 aromatic carbocycles. The SMILES string of the molecule is COc1cc(-c2noc(-c3cccc(F)c3)c2CO)cc(OC)c1OC. The minimum absolute atomic E-state index is 0.302. The summed E-state index contributed by atoms with van der Waals surface area (Å²) in [6, 6.07) is 9.30. The molecule has 3 aromatic rings. The average Bonchev–Trinajstić information content (AvgIpc) is 3.10. The highest BCUT2D eigenvalue weighted by atomic mass is 19.1. The summed E-state index contributed by atoms with van der Waals surface area (Å²) in [5.41, 5.74) is 1.94. The Morgan fingerprint density at radius 3 is 2.23 bits per heavy atom. The standard InChI is InChI=1S/C19H18FNO5/c1-23-15-8-12(9-16(24-2)19(15)25-3)17-14(10-22)18(26-21-17)11-5-4-6-13(20)7-11/h4-9,22H,10H2,1-3H3. The van der Waals surface area contributed by atoms with E-state index in [0.717, 1.165) is 0 Å². The highest BCUT2D eigenvalue weighted by Gasteiger charge is 2.22. The van der Waals surface area contributed by atoms with Gasteiger partial charge >= 0.3 is 0 Å². The van der Waals surface area contributed by atoms with Gasteiger partial charge in [-0.15, -0.1) is 0 Å². The number of halogens is 1. The molecule has 1 N–H and O–H groups in total. The van der Waals surface area contributed by atoms with Crippen molar-refractivity contribution < 1.29 is 28.2 Å². The van der Waals surface area contributed by atoms with Crippen molar-refractivity contribution in [3.63, 3.8) is 0 Å². The summed E-state index contributed by atoms with van der Waals surface area (Å²) in [5.74, 6) is 1.23. The van der Waals surface area contributed by atoms with Gasteiger partial charge in [-0.2, -0.15) is 0 Å². The topological polar surface area (TPSA) is 74.0 Å². The average molecular weight is 359 g/mol. The summed E-state index contributed by atoms with van der Waals surface area (Å²) in [5, 5.41) is 13.9. The van der Waals surface area contributed by atoms with E-state index in [9.17, 15) is 9.50 Å². The van der Waals surface area contributed by atoms with Crippen LogP contribution in [-0.4, -0.2) is 31.6 Å². The molecule has 0 bridgehead atoms. The van der Waals surface area contributed by atoms with E-state index >= 15 is 0 Å². The number of hydrogen-bond donors (Lipinski definition) is 1. The molecule has 0 saturated heterocycles. The van der Waals surface area contributed by atoms with Crippen LogP contribution in [0.1, 0.15) is 5.56 Å². The van der Waals surface area contributed by atoms with Gasteiger partial charge in [0.1, 0.15) is 11.5 Å². The molecule has 26 heavy (non-hydrogen) atoms. The summed E-state index contributed by atoms with van der Waals surface area (Å²) >= 11 is 0. The molecular formula is C19H18FNO5. The van der Waals surface area contributed by atoms with Crippen molar-refractivity contribution in [3.05, 3.63) is 47.8 Å². The molecule has 0 aliphatic heterocycles. The number of benzene rings is 2. The molecule has 0 amide bonds. The van der Waals surface area contributed by atoms with E-state index in [0.29, 0.717) is 45.4 Å². The zero-order valence-electron chi connectivity index (χ0n) is 14.6. The molecule has 136 valence electrons. The van der Waals surface area contributed by atoms with Crippen molar-refractivity contribution in [3.8, 4) is 39.8 Å². The molecule has 0 radical (unpaired) electrons. The summed E-state index contributed by atoms with van der Waals surface area (Å²) in [7, 11) is 4.53. The first-order valence-electron chi connectivity index (χ1n) is 7.78. The minimum atomic E-state index is -0.405. The van der Waals surface area contributed by atoms with Crippen molar-refractivity contribution in [1.29, 1.82) is 0 Å². The van der Waals surface area contributed by atoms with Crippen LogP contribution in [-0.2, 0) is 6.61 Å². The lowest BCUT2D eigenvalue weighted by Crippen LogP contribution is -1.97. The summed E-state index contributed by atoms with van der Waals surface area (Å²) in [6.45, 7) is -0.332. The third-order valence-electron chi connectivity index (χ3n) is 3.97. The summed E-state index contributed by atoms with van der Waals surface area (Å²) in [6.07, 6.45) is 0. The van der Waals surface area contributed by atoms with Crippen LogP contribution >= 0.6 is 0 Å². The van der Waals surface area contributed by atoms with Crippen LogP contribution in [0, 0.1) is 5.82 Å². The molecule has 1 aromatic heterocycles. The number of ether oxygens (including phenoxy) is 3. The maximum absolute atomic E-state index is 13.5. The predicted octanol–water partition coefficient (Wildman–Crippen LogP) is 3.67. The molecule has 6 nitrogen and oxygen atoms in total. The van der Waals surface area contributed by atoms with E-state index in [-0.39, 0.29) is 6.61 Å². The first-order valence-corrected chi connectivity index (χ1v) is 7.78. The zero-order chi connectivity index (χ0) is 18.7. The minimum Gasteiger partial charge on any atom is -0.493 e. The Morgan fingerprint density at radius 2 is 1.69 bits per heavy atom. The lowest BCUT2D eigenvalue weighted by molar-refractivity contribution is 0.281. The monoisotopic (exact) mass is 359 g/mol. The Labute approximate surface area is 149 Å². The Morgan fingerprint density at radius 1 is 1.00 bits per heavy atom. The third kappa shape index (κ3) is 3.09. The molecule has 0 saturated carbocycles. The van der Waals surface area contributed by atoms with Crippen LogP contribution in [0.4, 0.5) is 4.39 Å². The Kier molecular flexibility index (Phi) is 5.09. The molecule has 0 aliphatic rings. The highest BCUT2D eigenvalue weighted by molar-refractivity contribution is 5.75. The fourth-order valence-electron chi connectivity index (χ4n) is 2.76. The number of methoxy groups -OCH3 is 3. The van der Waals surface area contributed by atoms with Crippen molar-refractivity contribution in [2.75, 3.05) is 21.3 Å². The molecule has 0 spiro atoms. The smallest absolute Gasteiger partial charge is 0.203 e. The van der Waals surface area contributed by atoms with Crippen LogP contribution in [0.25, 0.3) is 22.6 Å². The van der Waals surface area contributed by atoms with Gasteiger partial charge in [-0.05, 0) is 24.3 Å². The van der Waals surface area contributed by atoms with Gasteiger partial charge in [0.2, 0.25) is 5.75 Å². The van der Waals surface area contributed by atoms with Gasteiger partial charge < -0.3 is 23.8 Å². The molecule has 1 heterocycles. The van der Waals surface area contributed by atoms with E-state index in [1.807, 2.05) is 0 Å². The lowest BCUT2D eigenvalue weighted by Gasteiger charge is -2.13. The van der Waals surface area contributed by atoms with E-state index in [2.05, 4.69) is 5.16 Å². The fourth-order valence-corrected chi connectivity index (χ4v) is 2.76. The van der Waals surface area contributed by atoms with Crippen LogP contribution in [0.15, 0.2) is 40.9 Å². The predicted molar refractivity (Wildman–Crippen MR) is 92.9 cm³/mol. The van der Waals surface area contributed by atoms with Gasteiger partial charge in [0.15, 0.2) is 17.3 Å². The van der Waals surface area contributed by atoms with Gasteiger partial charge in [-0.1, -0.05) is 17.3 Å². The van der Waals surface area contributed by atoms with E-state index in [1.54, 1.807) is 24.3 Å². The van der Waals surface area contributed by atoms with Crippen molar-refractivity contribution in [2.24, 2.45) is 0 Å². The zero-order valence-corrected chi connectivity index (χ0v) is 14.6. The lowest BCUT2D eigenvalue weighted by atomic mass is 10.0. The first kappa shape index (κ1) is 17.8. The number of hydrogen-bond acceptors (Lipinski definition) is 6. The molecule has 0 aliphatic carbocycles.